The van der Waals surface area contributed by atoms with E-state index in [9.17, 15) is 13.6 Å². The number of halogens is 2. The molecule has 123 valence electrons. The van der Waals surface area contributed by atoms with Gasteiger partial charge in [0.1, 0.15) is 0 Å². The van der Waals surface area contributed by atoms with Gasteiger partial charge in [-0.05, 0) is 0 Å². The molecule has 2 aromatic rings. The van der Waals surface area contributed by atoms with Crippen molar-refractivity contribution in [2.75, 3.05) is 18.1 Å². The van der Waals surface area contributed by atoms with E-state index in [0.717, 1.165) is 12.8 Å². The maximum atomic E-state index is 14.6. The Hall–Kier alpha value is -1.56. The number of ether oxygens (including phenoxy) is 1. The van der Waals surface area contributed by atoms with Gasteiger partial charge in [-0.1, -0.05) is 0 Å². The summed E-state index contributed by atoms with van der Waals surface area (Å²) in [6.45, 7) is 0.888. The van der Waals surface area contributed by atoms with Gasteiger partial charge in [0.25, 0.3) is 0 Å². The van der Waals surface area contributed by atoms with E-state index >= 15 is 0 Å². The van der Waals surface area contributed by atoms with E-state index in [1.807, 2.05) is 6.07 Å². The summed E-state index contributed by atoms with van der Waals surface area (Å²) < 4.78 is 33.7. The third-order valence-electron chi connectivity index (χ3n) is 4.04. The van der Waals surface area contributed by atoms with Crippen LogP contribution < -0.4 is 8.77 Å². The predicted octanol–water partition coefficient (Wildman–Crippen LogP) is 2.96. The van der Waals surface area contributed by atoms with E-state index in [1.54, 1.807) is 24.3 Å². The predicted molar refractivity (Wildman–Crippen MR) is 83.1 cm³/mol. The van der Waals surface area contributed by atoms with Crippen molar-refractivity contribution in [1.29, 1.82) is 0 Å². The summed E-state index contributed by atoms with van der Waals surface area (Å²) >= 11 is 1.37. The number of nitrogens with zero attached hydrogens (tertiary/aromatic N) is 1. The minimum atomic E-state index is -0.711. The van der Waals surface area contributed by atoms with Gasteiger partial charge in [0.05, 0.1) is 0 Å². The number of anilines is 1. The fraction of sp³-hybridized carbons (Fsp3) is 0.278. The molecule has 1 amide bonds. The van der Waals surface area contributed by atoms with Crippen molar-refractivity contribution >= 4 is 15.5 Å². The average molecular weight is 364 g/mol. The van der Waals surface area contributed by atoms with Gasteiger partial charge < -0.3 is 0 Å². The first-order chi connectivity index (χ1) is 11.6. The molecule has 1 atom stereocenters. The zero-order valence-electron chi connectivity index (χ0n) is 13.0. The summed E-state index contributed by atoms with van der Waals surface area (Å²) in [7, 11) is 0. The van der Waals surface area contributed by atoms with E-state index in [-0.39, 0.29) is 28.1 Å². The molecule has 6 heteroatoms. The van der Waals surface area contributed by atoms with Crippen LogP contribution in [0, 0.1) is 11.6 Å². The standard InChI is InChI=1S/C18H16F2NO2.Ti/c19-14-8-9-17(16(20)11-14)21(12-15-7-4-10-23-15)18(22)13-5-2-1-3-6-13;/h1-3,5-6,8-9,15H,4,7,10,12H2;. The van der Waals surface area contributed by atoms with E-state index < -0.39 is 11.6 Å². The van der Waals surface area contributed by atoms with Gasteiger partial charge in [0.15, 0.2) is 0 Å². The summed E-state index contributed by atoms with van der Waals surface area (Å²) in [5.41, 5.74) is 0.537. The van der Waals surface area contributed by atoms with Gasteiger partial charge in [-0.3, -0.25) is 0 Å². The fourth-order valence-electron chi connectivity index (χ4n) is 2.77. The Labute approximate surface area is 151 Å². The molecule has 1 aliphatic rings. The molecular weight excluding hydrogens is 348 g/mol. The minimum absolute atomic E-state index is 0.0817. The summed E-state index contributed by atoms with van der Waals surface area (Å²) in [4.78, 5) is 14.2. The zero-order valence-corrected chi connectivity index (χ0v) is 14.5. The van der Waals surface area contributed by atoms with Gasteiger partial charge in [-0.25, -0.2) is 0 Å². The van der Waals surface area contributed by atoms with Crippen molar-refractivity contribution in [3.63, 3.8) is 0 Å². The fourth-order valence-corrected chi connectivity index (χ4v) is 3.10. The van der Waals surface area contributed by atoms with Crippen LogP contribution in [0.15, 0.2) is 42.5 Å². The molecule has 0 saturated carbocycles. The second kappa shape index (κ2) is 7.55. The molecule has 3 rings (SSSR count). The quantitative estimate of drug-likeness (QED) is 0.781. The van der Waals surface area contributed by atoms with Crippen LogP contribution in [-0.2, 0) is 25.2 Å². The van der Waals surface area contributed by atoms with Crippen LogP contribution in [0.5, 0.6) is 0 Å². The molecule has 1 saturated heterocycles. The second-order valence-corrected chi connectivity index (χ2v) is 6.45. The molecule has 0 aromatic heterocycles. The Morgan fingerprint density at radius 2 is 1.96 bits per heavy atom. The molecule has 0 aliphatic carbocycles. The van der Waals surface area contributed by atoms with Crippen molar-refractivity contribution in [1.82, 2.24) is 0 Å². The number of rotatable bonds is 4. The molecule has 0 bridgehead atoms. The zero-order chi connectivity index (χ0) is 17.1. The Balaban J connectivity index is 1.98. The molecule has 0 N–H and O–H groups in total. The summed E-state index contributed by atoms with van der Waals surface area (Å²) in [5.74, 6) is -1.66. The SMILES string of the molecule is O=C(c1ccccc1)N(CC1CCCO1)c1ccc(F)[c]([Ti])c1F. The molecule has 3 nitrogen and oxygen atoms in total. The van der Waals surface area contributed by atoms with Crippen LogP contribution in [0.25, 0.3) is 0 Å². The number of hydrogen-bond donors (Lipinski definition) is 0. The first-order valence-electron chi connectivity index (χ1n) is 7.76. The third-order valence-corrected chi connectivity index (χ3v) is 4.75. The molecule has 1 fully saturated rings. The summed E-state index contributed by atoms with van der Waals surface area (Å²) in [6, 6.07) is 11.2. The molecular formula is C18H16F2NO2Ti. The van der Waals surface area contributed by atoms with Crippen LogP contribution in [-0.4, -0.2) is 25.2 Å². The first kappa shape index (κ1) is 17.3. The van der Waals surface area contributed by atoms with Crippen LogP contribution in [0.3, 0.4) is 0 Å². The molecule has 2 aromatic carbocycles. The summed E-state index contributed by atoms with van der Waals surface area (Å²) in [6.07, 6.45) is 1.60. The average Bonchev–Trinajstić information content (AvgIpc) is 3.12. The van der Waals surface area contributed by atoms with E-state index in [1.165, 1.54) is 37.5 Å². The number of carbonyl (C=O) groups excluding carboxylic acids is 1. The van der Waals surface area contributed by atoms with Crippen LogP contribution in [0.2, 0.25) is 0 Å². The van der Waals surface area contributed by atoms with Crippen LogP contribution in [0.4, 0.5) is 14.5 Å². The first-order valence-corrected chi connectivity index (χ1v) is 8.54. The van der Waals surface area contributed by atoms with Crippen molar-refractivity contribution in [3.8, 4) is 0 Å². The number of benzene rings is 2. The molecule has 0 radical (unpaired) electrons. The molecule has 1 heterocycles. The Morgan fingerprint density at radius 1 is 1.21 bits per heavy atom. The Bertz CT molecular complexity index is 733. The number of amides is 1. The van der Waals surface area contributed by atoms with Gasteiger partial charge in [0, 0.05) is 0 Å². The van der Waals surface area contributed by atoms with Crippen LogP contribution >= 0.6 is 0 Å². The molecule has 1 unspecified atom stereocenters. The Kier molecular flexibility index (Phi) is 5.44. The van der Waals surface area contributed by atoms with Gasteiger partial charge >= 0.3 is 151 Å². The summed E-state index contributed by atoms with van der Waals surface area (Å²) in [5, 5.41) is 0. The van der Waals surface area contributed by atoms with Crippen LogP contribution in [0.1, 0.15) is 23.2 Å². The van der Waals surface area contributed by atoms with Gasteiger partial charge in [-0.15, -0.1) is 0 Å². The molecule has 1 aliphatic heterocycles. The topological polar surface area (TPSA) is 29.5 Å². The molecule has 24 heavy (non-hydrogen) atoms. The van der Waals surface area contributed by atoms with E-state index in [4.69, 9.17) is 4.74 Å². The van der Waals surface area contributed by atoms with Crippen molar-refractivity contribution < 1.29 is 38.7 Å². The number of carbonyl (C=O) groups is 1. The Morgan fingerprint density at radius 3 is 2.62 bits per heavy atom. The second-order valence-electron chi connectivity index (χ2n) is 5.67. The van der Waals surface area contributed by atoms with Crippen molar-refractivity contribution in [2.24, 2.45) is 0 Å². The van der Waals surface area contributed by atoms with Gasteiger partial charge in [-0.2, -0.15) is 0 Å². The normalized spacial score (nSPS) is 17.0. The van der Waals surface area contributed by atoms with Crippen molar-refractivity contribution in [3.05, 3.63) is 59.7 Å². The maximum absolute atomic E-state index is 14.6. The number of hydrogen-bond acceptors (Lipinski definition) is 2. The molecule has 0 spiro atoms. The van der Waals surface area contributed by atoms with E-state index in [0.29, 0.717) is 12.2 Å². The monoisotopic (exact) mass is 364 g/mol. The third kappa shape index (κ3) is 3.58. The van der Waals surface area contributed by atoms with Crippen molar-refractivity contribution in [2.45, 2.75) is 18.9 Å². The van der Waals surface area contributed by atoms with E-state index in [2.05, 4.69) is 0 Å². The van der Waals surface area contributed by atoms with Gasteiger partial charge in [0.2, 0.25) is 0 Å².